The van der Waals surface area contributed by atoms with Gasteiger partial charge in [-0.05, 0) is 38.8 Å². The van der Waals surface area contributed by atoms with E-state index in [0.717, 1.165) is 11.3 Å². The summed E-state index contributed by atoms with van der Waals surface area (Å²) in [6.07, 6.45) is 1.34. The zero-order valence-corrected chi connectivity index (χ0v) is 12.7. The van der Waals surface area contributed by atoms with E-state index >= 15 is 0 Å². The van der Waals surface area contributed by atoms with Gasteiger partial charge in [0.2, 0.25) is 10.0 Å². The van der Waals surface area contributed by atoms with E-state index in [9.17, 15) is 8.42 Å². The Morgan fingerprint density at radius 2 is 2.26 bits per heavy atom. The highest BCUT2D eigenvalue weighted by molar-refractivity contribution is 7.91. The number of nitrogens with one attached hydrogen (secondary N) is 1. The van der Waals surface area contributed by atoms with E-state index in [-0.39, 0.29) is 22.5 Å². The van der Waals surface area contributed by atoms with Crippen molar-refractivity contribution in [2.45, 2.75) is 49.1 Å². The molecule has 1 unspecified atom stereocenters. The number of rotatable bonds is 4. The van der Waals surface area contributed by atoms with Crippen LogP contribution in [0.1, 0.15) is 31.6 Å². The van der Waals surface area contributed by atoms with Crippen molar-refractivity contribution in [2.75, 3.05) is 6.61 Å². The molecule has 0 radical (unpaired) electrons. The van der Waals surface area contributed by atoms with Crippen LogP contribution < -0.4 is 4.72 Å². The van der Waals surface area contributed by atoms with Crippen LogP contribution >= 0.6 is 11.3 Å². The minimum absolute atomic E-state index is 0.103. The summed E-state index contributed by atoms with van der Waals surface area (Å²) in [7, 11) is -3.50. The molecule has 1 aliphatic heterocycles. The monoisotopic (exact) mass is 305 g/mol. The SMILES string of the molecule is CC1(C)CC(NS(=O)(=O)c2ccc(CO)s2)CCO1. The van der Waals surface area contributed by atoms with Crippen molar-refractivity contribution in [3.8, 4) is 0 Å². The summed E-state index contributed by atoms with van der Waals surface area (Å²) < 4.78 is 33.0. The molecule has 1 saturated heterocycles. The summed E-state index contributed by atoms with van der Waals surface area (Å²) in [4.78, 5) is 0.646. The Bertz CT molecular complexity index is 536. The van der Waals surface area contributed by atoms with Crippen molar-refractivity contribution in [1.82, 2.24) is 4.72 Å². The Morgan fingerprint density at radius 3 is 2.84 bits per heavy atom. The molecule has 0 spiro atoms. The van der Waals surface area contributed by atoms with Crippen LogP contribution in [0.3, 0.4) is 0 Å². The second kappa shape index (κ2) is 5.49. The van der Waals surface area contributed by atoms with Gasteiger partial charge in [-0.15, -0.1) is 11.3 Å². The molecule has 1 atom stereocenters. The molecular weight excluding hydrogens is 286 g/mol. The summed E-state index contributed by atoms with van der Waals surface area (Å²) in [5.41, 5.74) is -0.294. The minimum Gasteiger partial charge on any atom is -0.391 e. The van der Waals surface area contributed by atoms with Crippen LogP contribution in [0.15, 0.2) is 16.3 Å². The van der Waals surface area contributed by atoms with Gasteiger partial charge < -0.3 is 9.84 Å². The number of hydrogen-bond acceptors (Lipinski definition) is 5. The summed E-state index contributed by atoms with van der Waals surface area (Å²) >= 11 is 1.10. The van der Waals surface area contributed by atoms with Gasteiger partial charge in [-0.2, -0.15) is 0 Å². The van der Waals surface area contributed by atoms with Crippen molar-refractivity contribution < 1.29 is 18.3 Å². The molecule has 5 nitrogen and oxygen atoms in total. The molecule has 0 aromatic carbocycles. The van der Waals surface area contributed by atoms with Crippen molar-refractivity contribution in [2.24, 2.45) is 0 Å². The fourth-order valence-electron chi connectivity index (χ4n) is 2.20. The van der Waals surface area contributed by atoms with E-state index in [1.54, 1.807) is 6.07 Å². The van der Waals surface area contributed by atoms with E-state index in [2.05, 4.69) is 4.72 Å². The molecule has 1 aliphatic rings. The van der Waals surface area contributed by atoms with E-state index in [0.29, 0.717) is 24.3 Å². The Hall–Kier alpha value is -0.470. The molecule has 2 N–H and O–H groups in total. The Kier molecular flexibility index (Phi) is 4.32. The first-order valence-electron chi connectivity index (χ1n) is 6.18. The summed E-state index contributed by atoms with van der Waals surface area (Å²) in [6.45, 7) is 4.35. The van der Waals surface area contributed by atoms with Gasteiger partial charge in [-0.3, -0.25) is 0 Å². The third kappa shape index (κ3) is 3.76. The first-order valence-corrected chi connectivity index (χ1v) is 8.48. The first-order chi connectivity index (χ1) is 8.82. The predicted molar refractivity (Wildman–Crippen MR) is 73.6 cm³/mol. The fourth-order valence-corrected chi connectivity index (χ4v) is 4.70. The first kappa shape index (κ1) is 14.9. The van der Waals surface area contributed by atoms with Crippen LogP contribution in [0.5, 0.6) is 0 Å². The van der Waals surface area contributed by atoms with Crippen LogP contribution in [0.25, 0.3) is 0 Å². The average molecular weight is 305 g/mol. The van der Waals surface area contributed by atoms with Gasteiger partial charge in [-0.25, -0.2) is 13.1 Å². The Morgan fingerprint density at radius 1 is 1.53 bits per heavy atom. The van der Waals surface area contributed by atoms with Gasteiger partial charge in [0.05, 0.1) is 12.2 Å². The average Bonchev–Trinajstić information content (AvgIpc) is 2.76. The molecule has 19 heavy (non-hydrogen) atoms. The molecule has 1 fully saturated rings. The molecule has 0 aliphatic carbocycles. The lowest BCUT2D eigenvalue weighted by Crippen LogP contribution is -2.45. The quantitative estimate of drug-likeness (QED) is 0.883. The molecule has 0 bridgehead atoms. The summed E-state index contributed by atoms with van der Waals surface area (Å²) in [5.74, 6) is 0. The van der Waals surface area contributed by atoms with E-state index in [1.807, 2.05) is 13.8 Å². The maximum Gasteiger partial charge on any atom is 0.250 e. The number of hydrogen-bond donors (Lipinski definition) is 2. The zero-order valence-electron chi connectivity index (χ0n) is 11.0. The van der Waals surface area contributed by atoms with Gasteiger partial charge in [0.25, 0.3) is 0 Å². The van der Waals surface area contributed by atoms with Crippen LogP contribution in [-0.2, 0) is 21.4 Å². The molecule has 108 valence electrons. The summed E-state index contributed by atoms with van der Waals surface area (Å²) in [5, 5.41) is 8.99. The Labute approximate surface area is 117 Å². The maximum atomic E-state index is 12.2. The third-order valence-electron chi connectivity index (χ3n) is 3.08. The molecule has 2 rings (SSSR count). The molecule has 0 saturated carbocycles. The fraction of sp³-hybridized carbons (Fsp3) is 0.667. The number of thiophene rings is 1. The van der Waals surface area contributed by atoms with Crippen LogP contribution in [0, 0.1) is 0 Å². The van der Waals surface area contributed by atoms with Gasteiger partial charge in [-0.1, -0.05) is 0 Å². The van der Waals surface area contributed by atoms with Crippen molar-refractivity contribution in [1.29, 1.82) is 0 Å². The van der Waals surface area contributed by atoms with Crippen LogP contribution in [0.2, 0.25) is 0 Å². The highest BCUT2D eigenvalue weighted by atomic mass is 32.2. The van der Waals surface area contributed by atoms with Crippen molar-refractivity contribution in [3.63, 3.8) is 0 Å². The highest BCUT2D eigenvalue weighted by Crippen LogP contribution is 2.27. The van der Waals surface area contributed by atoms with E-state index in [4.69, 9.17) is 9.84 Å². The van der Waals surface area contributed by atoms with Crippen LogP contribution in [-0.4, -0.2) is 31.8 Å². The largest absolute Gasteiger partial charge is 0.391 e. The zero-order chi connectivity index (χ0) is 14.1. The molecule has 1 aromatic heterocycles. The number of aliphatic hydroxyl groups is 1. The third-order valence-corrected chi connectivity index (χ3v) is 6.16. The van der Waals surface area contributed by atoms with E-state index in [1.165, 1.54) is 6.07 Å². The van der Waals surface area contributed by atoms with Gasteiger partial charge in [0.15, 0.2) is 0 Å². The standard InChI is InChI=1S/C12H19NO4S2/c1-12(2)7-9(5-6-17-12)13-19(15,16)11-4-3-10(8-14)18-11/h3-4,9,13-14H,5-8H2,1-2H3. The lowest BCUT2D eigenvalue weighted by Gasteiger charge is -2.35. The maximum absolute atomic E-state index is 12.2. The molecule has 0 amide bonds. The van der Waals surface area contributed by atoms with Crippen LogP contribution in [0.4, 0.5) is 0 Å². The number of sulfonamides is 1. The molecular formula is C12H19NO4S2. The minimum atomic E-state index is -3.50. The van der Waals surface area contributed by atoms with Gasteiger partial charge in [0.1, 0.15) is 4.21 Å². The Balaban J connectivity index is 2.09. The highest BCUT2D eigenvalue weighted by Gasteiger charge is 2.32. The molecule has 2 heterocycles. The second-order valence-electron chi connectivity index (χ2n) is 5.30. The predicted octanol–water partition coefficient (Wildman–Crippen LogP) is 1.48. The lowest BCUT2D eigenvalue weighted by atomic mass is 9.95. The lowest BCUT2D eigenvalue weighted by molar-refractivity contribution is -0.0599. The van der Waals surface area contributed by atoms with E-state index < -0.39 is 10.0 Å². The topological polar surface area (TPSA) is 75.6 Å². The van der Waals surface area contributed by atoms with Crippen molar-refractivity contribution in [3.05, 3.63) is 17.0 Å². The van der Waals surface area contributed by atoms with Gasteiger partial charge >= 0.3 is 0 Å². The molecule has 7 heteroatoms. The number of ether oxygens (including phenoxy) is 1. The molecule has 1 aromatic rings. The smallest absolute Gasteiger partial charge is 0.250 e. The normalized spacial score (nSPS) is 23.4. The van der Waals surface area contributed by atoms with Crippen molar-refractivity contribution >= 4 is 21.4 Å². The second-order valence-corrected chi connectivity index (χ2v) is 8.41. The number of aliphatic hydroxyl groups excluding tert-OH is 1. The summed E-state index contributed by atoms with van der Waals surface area (Å²) in [6, 6.07) is 3.06. The van der Waals surface area contributed by atoms with Gasteiger partial charge in [0, 0.05) is 17.5 Å².